The summed E-state index contributed by atoms with van der Waals surface area (Å²) in [6, 6.07) is 9.17. The van der Waals surface area contributed by atoms with Gasteiger partial charge in [0, 0.05) is 6.07 Å². The van der Waals surface area contributed by atoms with Gasteiger partial charge in [-0.2, -0.15) is 0 Å². The fourth-order valence-electron chi connectivity index (χ4n) is 3.84. The van der Waals surface area contributed by atoms with E-state index in [1.54, 1.807) is 19.1 Å². The summed E-state index contributed by atoms with van der Waals surface area (Å²) in [6.07, 6.45) is 2.89. The quantitative estimate of drug-likeness (QED) is 0.310. The van der Waals surface area contributed by atoms with E-state index in [1.165, 1.54) is 11.8 Å². The van der Waals surface area contributed by atoms with Crippen molar-refractivity contribution in [2.75, 3.05) is 12.4 Å². The number of anilines is 1. The molecule has 1 N–H and O–H groups in total. The van der Waals surface area contributed by atoms with Crippen LogP contribution in [-0.4, -0.2) is 34.1 Å². The lowest BCUT2D eigenvalue weighted by atomic mass is 9.87. The summed E-state index contributed by atoms with van der Waals surface area (Å²) in [6.45, 7) is 12.4. The summed E-state index contributed by atoms with van der Waals surface area (Å²) >= 11 is 12.4. The lowest BCUT2D eigenvalue weighted by Crippen LogP contribution is -2.20. The molecule has 3 rings (SSSR count). The van der Waals surface area contributed by atoms with Gasteiger partial charge in [0.05, 0.1) is 34.6 Å². The van der Waals surface area contributed by atoms with Crippen LogP contribution in [0.2, 0.25) is 10.0 Å². The van der Waals surface area contributed by atoms with Crippen LogP contribution < -0.4 is 14.8 Å². The first-order chi connectivity index (χ1) is 17.0. The second kappa shape index (κ2) is 11.5. The van der Waals surface area contributed by atoms with Crippen molar-refractivity contribution in [3.05, 3.63) is 57.3 Å². The molecule has 0 aliphatic carbocycles. The van der Waals surface area contributed by atoms with Crippen LogP contribution in [0, 0.1) is 6.92 Å². The predicted molar refractivity (Wildman–Crippen MR) is 145 cm³/mol. The van der Waals surface area contributed by atoms with Crippen LogP contribution >= 0.6 is 23.2 Å². The van der Waals surface area contributed by atoms with E-state index in [0.29, 0.717) is 38.6 Å². The van der Waals surface area contributed by atoms with E-state index in [2.05, 4.69) is 50.2 Å². The number of nitrogens with one attached hydrogen (secondary N) is 1. The Kier molecular flexibility index (Phi) is 8.90. The molecule has 36 heavy (non-hydrogen) atoms. The van der Waals surface area contributed by atoms with Crippen LogP contribution in [0.4, 0.5) is 5.69 Å². The van der Waals surface area contributed by atoms with Gasteiger partial charge in [-0.1, -0.05) is 75.5 Å². The molecule has 0 bridgehead atoms. The SMILES string of the molecule is CCC[C@H](CC)Oc1ccc(C(C)(C)C)cc1NC(=O)c1nnn(-c2cc(Cl)c(Cl)cc2OC)c1C. The second-order valence-electron chi connectivity index (χ2n) is 9.73. The van der Waals surface area contributed by atoms with Crippen molar-refractivity contribution in [1.82, 2.24) is 15.0 Å². The molecule has 0 aliphatic heterocycles. The molecule has 9 heteroatoms. The average molecular weight is 534 g/mol. The fraction of sp³-hybridized carbons (Fsp3) is 0.444. The molecule has 1 atom stereocenters. The van der Waals surface area contributed by atoms with Crippen LogP contribution in [0.25, 0.3) is 5.69 Å². The first-order valence-electron chi connectivity index (χ1n) is 12.1. The third-order valence-corrected chi connectivity index (χ3v) is 6.74. The van der Waals surface area contributed by atoms with Crippen molar-refractivity contribution in [1.29, 1.82) is 0 Å². The zero-order chi connectivity index (χ0) is 26.6. The summed E-state index contributed by atoms with van der Waals surface area (Å²) in [4.78, 5) is 13.4. The maximum Gasteiger partial charge on any atom is 0.278 e. The number of hydrogen-bond donors (Lipinski definition) is 1. The van der Waals surface area contributed by atoms with Gasteiger partial charge in [0.2, 0.25) is 0 Å². The molecule has 0 spiro atoms. The van der Waals surface area contributed by atoms with Gasteiger partial charge in [-0.05, 0) is 48.9 Å². The Morgan fingerprint density at radius 1 is 1.11 bits per heavy atom. The van der Waals surface area contributed by atoms with E-state index < -0.39 is 5.91 Å². The van der Waals surface area contributed by atoms with E-state index in [-0.39, 0.29) is 17.2 Å². The van der Waals surface area contributed by atoms with E-state index in [0.717, 1.165) is 24.8 Å². The van der Waals surface area contributed by atoms with Crippen LogP contribution in [0.5, 0.6) is 11.5 Å². The molecule has 3 aromatic rings. The Bertz CT molecular complexity index is 1230. The number of carbonyl (C=O) groups is 1. The zero-order valence-electron chi connectivity index (χ0n) is 21.9. The van der Waals surface area contributed by atoms with Gasteiger partial charge in [-0.25, -0.2) is 4.68 Å². The first kappa shape index (κ1) is 27.8. The number of carbonyl (C=O) groups excluding carboxylic acids is 1. The van der Waals surface area contributed by atoms with Crippen molar-refractivity contribution < 1.29 is 14.3 Å². The second-order valence-corrected chi connectivity index (χ2v) is 10.5. The number of benzene rings is 2. The molecule has 194 valence electrons. The third-order valence-electron chi connectivity index (χ3n) is 6.01. The van der Waals surface area contributed by atoms with E-state index in [9.17, 15) is 4.79 Å². The summed E-state index contributed by atoms with van der Waals surface area (Å²) in [5.74, 6) is 0.699. The van der Waals surface area contributed by atoms with Crippen LogP contribution in [0.15, 0.2) is 30.3 Å². The number of methoxy groups -OCH3 is 1. The molecule has 7 nitrogen and oxygen atoms in total. The fourth-order valence-corrected chi connectivity index (χ4v) is 4.15. The highest BCUT2D eigenvalue weighted by Gasteiger charge is 2.23. The Morgan fingerprint density at radius 3 is 2.42 bits per heavy atom. The molecule has 0 fully saturated rings. The monoisotopic (exact) mass is 532 g/mol. The van der Waals surface area contributed by atoms with E-state index >= 15 is 0 Å². The van der Waals surface area contributed by atoms with Gasteiger partial charge in [0.1, 0.15) is 17.2 Å². The van der Waals surface area contributed by atoms with Crippen LogP contribution in [0.3, 0.4) is 0 Å². The molecule has 1 aromatic heterocycles. The Balaban J connectivity index is 1.98. The molecule has 0 saturated heterocycles. The van der Waals surface area contributed by atoms with E-state index in [4.69, 9.17) is 32.7 Å². The lowest BCUT2D eigenvalue weighted by Gasteiger charge is -2.24. The van der Waals surface area contributed by atoms with Gasteiger partial charge in [-0.3, -0.25) is 4.79 Å². The maximum atomic E-state index is 13.4. The normalized spacial score (nSPS) is 12.4. The molecular weight excluding hydrogens is 499 g/mol. The summed E-state index contributed by atoms with van der Waals surface area (Å²) in [5, 5.41) is 12.0. The van der Waals surface area contributed by atoms with Gasteiger partial charge in [0.25, 0.3) is 5.91 Å². The minimum absolute atomic E-state index is 0.0656. The molecule has 1 amide bonds. The van der Waals surface area contributed by atoms with Crippen molar-refractivity contribution in [3.63, 3.8) is 0 Å². The largest absolute Gasteiger partial charge is 0.494 e. The predicted octanol–water partition coefficient (Wildman–Crippen LogP) is 7.40. The number of aromatic nitrogens is 3. The standard InChI is InChI=1S/C27H34Cl2N4O3/c1-8-10-18(9-2)36-23-12-11-17(27(4,5)6)13-21(23)30-26(34)25-16(3)33(32-31-25)22-14-19(28)20(29)15-24(22)35-7/h11-15,18H,8-10H2,1-7H3,(H,30,34)/t18-/m0/s1. The lowest BCUT2D eigenvalue weighted by molar-refractivity contribution is 0.102. The topological polar surface area (TPSA) is 78.3 Å². The number of rotatable bonds is 9. The molecule has 0 unspecified atom stereocenters. The maximum absolute atomic E-state index is 13.4. The number of halogens is 2. The average Bonchev–Trinajstić information content (AvgIpc) is 3.21. The number of amides is 1. The summed E-state index contributed by atoms with van der Waals surface area (Å²) in [7, 11) is 1.52. The highest BCUT2D eigenvalue weighted by molar-refractivity contribution is 6.42. The zero-order valence-corrected chi connectivity index (χ0v) is 23.4. The number of hydrogen-bond acceptors (Lipinski definition) is 5. The number of ether oxygens (including phenoxy) is 2. The third kappa shape index (κ3) is 6.13. The first-order valence-corrected chi connectivity index (χ1v) is 12.8. The van der Waals surface area contributed by atoms with Gasteiger partial charge < -0.3 is 14.8 Å². The molecular formula is C27H34Cl2N4O3. The molecule has 0 aliphatic rings. The minimum Gasteiger partial charge on any atom is -0.494 e. The summed E-state index contributed by atoms with van der Waals surface area (Å²) in [5.41, 5.74) is 2.80. The van der Waals surface area contributed by atoms with Crippen molar-refractivity contribution in [3.8, 4) is 17.2 Å². The van der Waals surface area contributed by atoms with Gasteiger partial charge in [0.15, 0.2) is 5.69 Å². The Hall–Kier alpha value is -2.77. The minimum atomic E-state index is -0.391. The smallest absolute Gasteiger partial charge is 0.278 e. The van der Waals surface area contributed by atoms with Crippen molar-refractivity contribution >= 4 is 34.8 Å². The summed E-state index contributed by atoms with van der Waals surface area (Å²) < 4.78 is 13.2. The van der Waals surface area contributed by atoms with Crippen LogP contribution in [-0.2, 0) is 5.41 Å². The number of nitrogens with zero attached hydrogens (tertiary/aromatic N) is 3. The molecule has 0 radical (unpaired) electrons. The molecule has 0 saturated carbocycles. The van der Waals surface area contributed by atoms with Gasteiger partial charge >= 0.3 is 0 Å². The molecule has 2 aromatic carbocycles. The van der Waals surface area contributed by atoms with Crippen LogP contribution in [0.1, 0.15) is 75.6 Å². The van der Waals surface area contributed by atoms with E-state index in [1.807, 2.05) is 18.2 Å². The highest BCUT2D eigenvalue weighted by atomic mass is 35.5. The van der Waals surface area contributed by atoms with Crippen molar-refractivity contribution in [2.24, 2.45) is 0 Å². The highest BCUT2D eigenvalue weighted by Crippen LogP contribution is 2.35. The Labute approximate surface area is 223 Å². The van der Waals surface area contributed by atoms with Crippen molar-refractivity contribution in [2.45, 2.75) is 72.3 Å². The molecule has 1 heterocycles. The Morgan fingerprint density at radius 2 is 1.81 bits per heavy atom. The van der Waals surface area contributed by atoms with Gasteiger partial charge in [-0.15, -0.1) is 5.10 Å².